The van der Waals surface area contributed by atoms with Gasteiger partial charge in [0.15, 0.2) is 11.6 Å². The van der Waals surface area contributed by atoms with E-state index in [1.54, 1.807) is 7.11 Å². The molecule has 2 fully saturated rings. The molecule has 1 N–H and O–H groups in total. The Kier molecular flexibility index (Phi) is 7.71. The predicted molar refractivity (Wildman–Crippen MR) is 129 cm³/mol. The summed E-state index contributed by atoms with van der Waals surface area (Å²) in [4.78, 5) is 14.8. The highest BCUT2D eigenvalue weighted by atomic mass is 19.4. The summed E-state index contributed by atoms with van der Waals surface area (Å²) < 4.78 is 73.4. The first-order valence-corrected chi connectivity index (χ1v) is 12.2. The van der Waals surface area contributed by atoms with E-state index in [0.717, 1.165) is 43.5 Å². The minimum Gasteiger partial charge on any atom is -0.496 e. The SMILES string of the molecule is COc1ccc(C(OC)(C(=O)N2CCC3(CCNCC3c3ccccc3OC)CC2)C(F)(F)F)cc1F. The summed E-state index contributed by atoms with van der Waals surface area (Å²) >= 11 is 0. The average molecular weight is 525 g/mol. The second-order valence-electron chi connectivity index (χ2n) is 9.64. The van der Waals surface area contributed by atoms with Crippen LogP contribution in [-0.2, 0) is 15.1 Å². The van der Waals surface area contributed by atoms with Gasteiger partial charge in [-0.3, -0.25) is 4.79 Å². The fourth-order valence-electron chi connectivity index (χ4n) is 5.96. The van der Waals surface area contributed by atoms with Gasteiger partial charge in [0.1, 0.15) is 5.75 Å². The van der Waals surface area contributed by atoms with Crippen molar-refractivity contribution >= 4 is 5.91 Å². The first-order valence-electron chi connectivity index (χ1n) is 12.2. The zero-order chi connectivity index (χ0) is 26.8. The third-order valence-corrected chi connectivity index (χ3v) is 8.01. The molecular formula is C27H32F4N2O4. The summed E-state index contributed by atoms with van der Waals surface area (Å²) in [6, 6.07) is 10.5. The van der Waals surface area contributed by atoms with Crippen molar-refractivity contribution in [2.75, 3.05) is 47.5 Å². The Hall–Kier alpha value is -2.85. The zero-order valence-electron chi connectivity index (χ0n) is 21.2. The number of nitrogens with zero attached hydrogens (tertiary/aromatic N) is 1. The number of methoxy groups -OCH3 is 3. The number of amides is 1. The van der Waals surface area contributed by atoms with E-state index in [0.29, 0.717) is 25.5 Å². The zero-order valence-corrected chi connectivity index (χ0v) is 21.2. The molecule has 0 saturated carbocycles. The second-order valence-corrected chi connectivity index (χ2v) is 9.64. The molecule has 2 heterocycles. The monoisotopic (exact) mass is 524 g/mol. The Morgan fingerprint density at radius 1 is 1.00 bits per heavy atom. The van der Waals surface area contributed by atoms with Crippen LogP contribution in [0.4, 0.5) is 17.6 Å². The van der Waals surface area contributed by atoms with Crippen LogP contribution in [0.2, 0.25) is 0 Å². The summed E-state index contributed by atoms with van der Waals surface area (Å²) in [6.07, 6.45) is -3.24. The van der Waals surface area contributed by atoms with Crippen molar-refractivity contribution < 1.29 is 36.6 Å². The quantitative estimate of drug-likeness (QED) is 0.559. The van der Waals surface area contributed by atoms with Gasteiger partial charge >= 0.3 is 6.18 Å². The van der Waals surface area contributed by atoms with Gasteiger partial charge in [-0.2, -0.15) is 13.2 Å². The normalized spacial score (nSPS) is 21.4. The summed E-state index contributed by atoms with van der Waals surface area (Å²) in [5, 5.41) is 3.43. The Balaban J connectivity index is 1.63. The van der Waals surface area contributed by atoms with E-state index in [1.807, 2.05) is 24.3 Å². The molecule has 2 aromatic rings. The molecule has 1 amide bonds. The number of hydrogen-bond donors (Lipinski definition) is 1. The van der Waals surface area contributed by atoms with Crippen LogP contribution in [-0.4, -0.2) is 64.5 Å². The highest BCUT2D eigenvalue weighted by molar-refractivity contribution is 5.88. The van der Waals surface area contributed by atoms with Gasteiger partial charge in [0.05, 0.1) is 14.2 Å². The van der Waals surface area contributed by atoms with Crippen molar-refractivity contribution in [1.29, 1.82) is 0 Å². The molecular weight excluding hydrogens is 492 g/mol. The summed E-state index contributed by atoms with van der Waals surface area (Å²) in [5.41, 5.74) is -3.11. The molecule has 0 bridgehead atoms. The highest BCUT2D eigenvalue weighted by Gasteiger charge is 2.64. The number of alkyl halides is 3. The maximum atomic E-state index is 14.5. The number of halogens is 4. The summed E-state index contributed by atoms with van der Waals surface area (Å²) in [7, 11) is 3.65. The lowest BCUT2D eigenvalue weighted by Crippen LogP contribution is -2.59. The number of piperidine rings is 2. The van der Waals surface area contributed by atoms with Crippen LogP contribution in [0.1, 0.15) is 36.3 Å². The molecule has 2 saturated heterocycles. The van der Waals surface area contributed by atoms with Gasteiger partial charge in [-0.1, -0.05) is 24.3 Å². The number of carbonyl (C=O) groups excluding carboxylic acids is 1. The number of rotatable bonds is 6. The Morgan fingerprint density at radius 3 is 2.27 bits per heavy atom. The van der Waals surface area contributed by atoms with Crippen molar-refractivity contribution in [2.24, 2.45) is 5.41 Å². The lowest BCUT2D eigenvalue weighted by molar-refractivity contribution is -0.271. The van der Waals surface area contributed by atoms with Crippen LogP contribution < -0.4 is 14.8 Å². The molecule has 37 heavy (non-hydrogen) atoms. The van der Waals surface area contributed by atoms with E-state index >= 15 is 0 Å². The lowest BCUT2D eigenvalue weighted by atomic mass is 9.62. The third kappa shape index (κ3) is 4.65. The van der Waals surface area contributed by atoms with Gasteiger partial charge in [-0.05, 0) is 55.0 Å². The maximum absolute atomic E-state index is 14.5. The average Bonchev–Trinajstić information content (AvgIpc) is 2.89. The number of benzene rings is 2. The number of hydrogen-bond acceptors (Lipinski definition) is 5. The van der Waals surface area contributed by atoms with E-state index in [4.69, 9.17) is 14.2 Å². The topological polar surface area (TPSA) is 60.0 Å². The van der Waals surface area contributed by atoms with Crippen molar-refractivity contribution in [3.8, 4) is 11.5 Å². The van der Waals surface area contributed by atoms with Crippen LogP contribution in [0.3, 0.4) is 0 Å². The molecule has 2 aliphatic heterocycles. The fraction of sp³-hybridized carbons (Fsp3) is 0.519. The summed E-state index contributed by atoms with van der Waals surface area (Å²) in [6.45, 7) is 1.76. The minimum absolute atomic E-state index is 0.0835. The smallest absolute Gasteiger partial charge is 0.430 e. The first kappa shape index (κ1) is 27.2. The molecule has 202 valence electrons. The van der Waals surface area contributed by atoms with Gasteiger partial charge in [0.2, 0.25) is 0 Å². The Labute approximate surface area is 213 Å². The lowest BCUT2D eigenvalue weighted by Gasteiger charge is -2.51. The van der Waals surface area contributed by atoms with Gasteiger partial charge in [0, 0.05) is 38.2 Å². The van der Waals surface area contributed by atoms with E-state index in [1.165, 1.54) is 12.0 Å². The van der Waals surface area contributed by atoms with E-state index in [9.17, 15) is 22.4 Å². The standard InChI is InChI=1S/C27H32F4N2O4/c1-35-22-7-5-4-6-19(22)20-17-32-13-10-25(20)11-14-33(15-12-25)24(34)26(37-3,27(29,30)31)18-8-9-23(36-2)21(28)16-18/h4-9,16,20,32H,10-15,17H2,1-3H3. The van der Waals surface area contributed by atoms with Crippen LogP contribution in [0.5, 0.6) is 11.5 Å². The van der Waals surface area contributed by atoms with Crippen molar-refractivity contribution in [1.82, 2.24) is 10.2 Å². The molecule has 0 aromatic heterocycles. The third-order valence-electron chi connectivity index (χ3n) is 8.01. The van der Waals surface area contributed by atoms with Crippen molar-refractivity contribution in [3.05, 3.63) is 59.4 Å². The molecule has 0 radical (unpaired) electrons. The largest absolute Gasteiger partial charge is 0.496 e. The maximum Gasteiger partial charge on any atom is 0.430 e. The first-order chi connectivity index (χ1) is 17.6. The molecule has 1 spiro atoms. The molecule has 2 aromatic carbocycles. The molecule has 4 rings (SSSR count). The van der Waals surface area contributed by atoms with E-state index in [2.05, 4.69) is 5.32 Å². The minimum atomic E-state index is -5.12. The van der Waals surface area contributed by atoms with Gasteiger partial charge in [0.25, 0.3) is 11.5 Å². The number of para-hydroxylation sites is 1. The molecule has 2 aliphatic rings. The fourth-order valence-corrected chi connectivity index (χ4v) is 5.96. The van der Waals surface area contributed by atoms with Crippen molar-refractivity contribution in [2.45, 2.75) is 37.0 Å². The number of nitrogens with one attached hydrogen (secondary N) is 1. The van der Waals surface area contributed by atoms with E-state index in [-0.39, 0.29) is 30.2 Å². The van der Waals surface area contributed by atoms with Crippen LogP contribution in [0.15, 0.2) is 42.5 Å². The van der Waals surface area contributed by atoms with Gasteiger partial charge < -0.3 is 24.4 Å². The molecule has 2 unspecified atom stereocenters. The van der Waals surface area contributed by atoms with Crippen LogP contribution in [0.25, 0.3) is 0 Å². The van der Waals surface area contributed by atoms with Crippen LogP contribution >= 0.6 is 0 Å². The number of ether oxygens (including phenoxy) is 3. The number of carbonyl (C=O) groups is 1. The molecule has 10 heteroatoms. The van der Waals surface area contributed by atoms with Gasteiger partial charge in [-0.25, -0.2) is 4.39 Å². The predicted octanol–water partition coefficient (Wildman–Crippen LogP) is 4.63. The molecule has 0 aliphatic carbocycles. The van der Waals surface area contributed by atoms with E-state index < -0.39 is 29.1 Å². The Bertz CT molecular complexity index is 1120. The molecule has 6 nitrogen and oxygen atoms in total. The van der Waals surface area contributed by atoms with Crippen LogP contribution in [0, 0.1) is 11.2 Å². The van der Waals surface area contributed by atoms with Crippen molar-refractivity contribution in [3.63, 3.8) is 0 Å². The Morgan fingerprint density at radius 2 is 1.68 bits per heavy atom. The number of likely N-dealkylation sites (tertiary alicyclic amines) is 1. The van der Waals surface area contributed by atoms with Gasteiger partial charge in [-0.15, -0.1) is 0 Å². The molecule has 2 atom stereocenters. The summed E-state index contributed by atoms with van der Waals surface area (Å²) in [5.74, 6) is -1.63. The highest BCUT2D eigenvalue weighted by Crippen LogP contribution is 2.51. The second kappa shape index (κ2) is 10.5.